The second-order valence-electron chi connectivity index (χ2n) is 5.58. The Morgan fingerprint density at radius 2 is 1.79 bits per heavy atom. The van der Waals surface area contributed by atoms with E-state index in [1.807, 2.05) is 0 Å². The van der Waals surface area contributed by atoms with Crippen molar-refractivity contribution in [1.29, 1.82) is 0 Å². The van der Waals surface area contributed by atoms with Crippen molar-refractivity contribution in [3.63, 3.8) is 0 Å². The zero-order valence-electron chi connectivity index (χ0n) is 10.9. The second-order valence-corrected chi connectivity index (χ2v) is 5.58. The minimum atomic E-state index is -4.20. The van der Waals surface area contributed by atoms with E-state index in [1.54, 1.807) is 0 Å². The van der Waals surface area contributed by atoms with Crippen LogP contribution in [-0.2, 0) is 4.79 Å². The smallest absolute Gasteiger partial charge is 0.353 e. The molecule has 0 radical (unpaired) electrons. The van der Waals surface area contributed by atoms with Gasteiger partial charge in [-0.05, 0) is 25.7 Å². The number of amides is 1. The number of alkyl halides is 3. The fourth-order valence-corrected chi connectivity index (χ4v) is 2.65. The molecule has 0 spiro atoms. The van der Waals surface area contributed by atoms with Crippen molar-refractivity contribution >= 4 is 5.91 Å². The Labute approximate surface area is 111 Å². The van der Waals surface area contributed by atoms with Gasteiger partial charge in [-0.3, -0.25) is 4.79 Å². The van der Waals surface area contributed by atoms with Crippen LogP contribution in [0.2, 0.25) is 0 Å². The molecule has 0 aromatic carbocycles. The monoisotopic (exact) mass is 278 g/mol. The summed E-state index contributed by atoms with van der Waals surface area (Å²) in [6.45, 7) is 0.555. The van der Waals surface area contributed by atoms with Crippen LogP contribution in [0.5, 0.6) is 0 Å². The molecule has 2 aliphatic carbocycles. The van der Waals surface area contributed by atoms with Crippen molar-refractivity contribution in [3.8, 4) is 0 Å². The summed E-state index contributed by atoms with van der Waals surface area (Å²) in [5.74, 6) is -1.64. The highest BCUT2D eigenvalue weighted by Gasteiger charge is 2.45. The lowest BCUT2D eigenvalue weighted by Gasteiger charge is -2.33. The fourth-order valence-electron chi connectivity index (χ4n) is 2.65. The molecule has 2 rings (SSSR count). The highest BCUT2D eigenvalue weighted by molar-refractivity contribution is 5.76. The van der Waals surface area contributed by atoms with E-state index in [2.05, 4.69) is 10.6 Å². The standard InChI is InChI=1S/C13H21F3N2O/c14-13(15,16)10-3-1-2-4-11(10)18-12(19)7-8-17-9-5-6-9/h9-11,17H,1-8H2,(H,18,19). The van der Waals surface area contributed by atoms with Crippen LogP contribution < -0.4 is 10.6 Å². The first-order valence-electron chi connectivity index (χ1n) is 7.06. The molecule has 2 N–H and O–H groups in total. The van der Waals surface area contributed by atoms with E-state index in [-0.39, 0.29) is 18.7 Å². The predicted octanol–water partition coefficient (Wildman–Crippen LogP) is 2.37. The molecule has 6 heteroatoms. The molecule has 2 atom stereocenters. The molecule has 0 aliphatic heterocycles. The highest BCUT2D eigenvalue weighted by atomic mass is 19.4. The first-order chi connectivity index (χ1) is 8.97. The van der Waals surface area contributed by atoms with E-state index < -0.39 is 18.1 Å². The van der Waals surface area contributed by atoms with Crippen LogP contribution in [0, 0.1) is 5.92 Å². The molecular weight excluding hydrogens is 257 g/mol. The van der Waals surface area contributed by atoms with Gasteiger partial charge in [0.15, 0.2) is 0 Å². The number of hydrogen-bond donors (Lipinski definition) is 2. The van der Waals surface area contributed by atoms with E-state index in [0.29, 0.717) is 25.4 Å². The molecule has 0 aromatic rings. The molecule has 1 amide bonds. The third-order valence-corrected chi connectivity index (χ3v) is 3.90. The number of carbonyl (C=O) groups excluding carboxylic acids is 1. The molecule has 0 heterocycles. The van der Waals surface area contributed by atoms with Gasteiger partial charge in [0.05, 0.1) is 5.92 Å². The highest BCUT2D eigenvalue weighted by Crippen LogP contribution is 2.37. The number of halogens is 3. The van der Waals surface area contributed by atoms with Crippen LogP contribution >= 0.6 is 0 Å². The molecule has 2 saturated carbocycles. The van der Waals surface area contributed by atoms with Crippen LogP contribution in [0.4, 0.5) is 13.2 Å². The summed E-state index contributed by atoms with van der Waals surface area (Å²) in [6, 6.07) is -0.215. The van der Waals surface area contributed by atoms with Crippen LogP contribution in [0.25, 0.3) is 0 Å². The van der Waals surface area contributed by atoms with Gasteiger partial charge in [-0.15, -0.1) is 0 Å². The van der Waals surface area contributed by atoms with Crippen molar-refractivity contribution in [2.45, 2.75) is 63.2 Å². The SMILES string of the molecule is O=C(CCNC1CC1)NC1CCCCC1C(F)(F)F. The van der Waals surface area contributed by atoms with E-state index in [0.717, 1.165) is 19.3 Å². The summed E-state index contributed by atoms with van der Waals surface area (Å²) in [4.78, 5) is 11.7. The summed E-state index contributed by atoms with van der Waals surface area (Å²) in [6.07, 6.45) is 0.265. The Morgan fingerprint density at radius 3 is 2.42 bits per heavy atom. The zero-order chi connectivity index (χ0) is 13.9. The average Bonchev–Trinajstić information content (AvgIpc) is 3.12. The first-order valence-corrected chi connectivity index (χ1v) is 7.06. The number of nitrogens with one attached hydrogen (secondary N) is 2. The molecule has 2 unspecified atom stereocenters. The van der Waals surface area contributed by atoms with Gasteiger partial charge in [0.2, 0.25) is 5.91 Å². The van der Waals surface area contributed by atoms with Crippen LogP contribution in [-0.4, -0.2) is 30.7 Å². The van der Waals surface area contributed by atoms with Crippen molar-refractivity contribution in [2.75, 3.05) is 6.54 Å². The maximum absolute atomic E-state index is 12.8. The lowest BCUT2D eigenvalue weighted by Crippen LogP contribution is -2.48. The van der Waals surface area contributed by atoms with Crippen molar-refractivity contribution in [3.05, 3.63) is 0 Å². The molecule has 0 bridgehead atoms. The van der Waals surface area contributed by atoms with Crippen LogP contribution in [0.1, 0.15) is 44.9 Å². The third kappa shape index (κ3) is 4.67. The Hall–Kier alpha value is -0.780. The fraction of sp³-hybridized carbons (Fsp3) is 0.923. The Kier molecular flexibility index (Phi) is 4.71. The number of hydrogen-bond acceptors (Lipinski definition) is 2. The van der Waals surface area contributed by atoms with Gasteiger partial charge in [0.25, 0.3) is 0 Å². The van der Waals surface area contributed by atoms with Gasteiger partial charge in [-0.2, -0.15) is 13.2 Å². The third-order valence-electron chi connectivity index (χ3n) is 3.90. The maximum Gasteiger partial charge on any atom is 0.393 e. The zero-order valence-corrected chi connectivity index (χ0v) is 10.9. The summed E-state index contributed by atoms with van der Waals surface area (Å²) < 4.78 is 38.5. The van der Waals surface area contributed by atoms with Gasteiger partial charge < -0.3 is 10.6 Å². The number of carbonyl (C=O) groups is 1. The Morgan fingerprint density at radius 1 is 1.11 bits per heavy atom. The maximum atomic E-state index is 12.8. The summed E-state index contributed by atoms with van der Waals surface area (Å²) in [5.41, 5.74) is 0. The van der Waals surface area contributed by atoms with Crippen molar-refractivity contribution in [1.82, 2.24) is 10.6 Å². The Balaban J connectivity index is 1.75. The van der Waals surface area contributed by atoms with E-state index in [4.69, 9.17) is 0 Å². The minimum absolute atomic E-state index is 0.134. The molecule has 0 saturated heterocycles. The van der Waals surface area contributed by atoms with Crippen molar-refractivity contribution in [2.24, 2.45) is 5.92 Å². The average molecular weight is 278 g/mol. The lowest BCUT2D eigenvalue weighted by atomic mass is 9.84. The molecule has 3 nitrogen and oxygen atoms in total. The van der Waals surface area contributed by atoms with Gasteiger partial charge >= 0.3 is 6.18 Å². The first kappa shape index (κ1) is 14.6. The van der Waals surface area contributed by atoms with Gasteiger partial charge in [0.1, 0.15) is 0 Å². The molecule has 19 heavy (non-hydrogen) atoms. The molecule has 2 aliphatic rings. The normalized spacial score (nSPS) is 28.2. The van der Waals surface area contributed by atoms with E-state index >= 15 is 0 Å². The minimum Gasteiger partial charge on any atom is -0.353 e. The summed E-state index contributed by atoms with van der Waals surface area (Å²) >= 11 is 0. The topological polar surface area (TPSA) is 41.1 Å². The van der Waals surface area contributed by atoms with E-state index in [1.165, 1.54) is 0 Å². The second kappa shape index (κ2) is 6.11. The predicted molar refractivity (Wildman–Crippen MR) is 65.6 cm³/mol. The van der Waals surface area contributed by atoms with Crippen molar-refractivity contribution < 1.29 is 18.0 Å². The van der Waals surface area contributed by atoms with Crippen LogP contribution in [0.15, 0.2) is 0 Å². The summed E-state index contributed by atoms with van der Waals surface area (Å²) in [7, 11) is 0. The molecular formula is C13H21F3N2O. The van der Waals surface area contributed by atoms with Gasteiger partial charge in [-0.1, -0.05) is 12.8 Å². The van der Waals surface area contributed by atoms with Gasteiger partial charge in [-0.25, -0.2) is 0 Å². The van der Waals surface area contributed by atoms with Gasteiger partial charge in [0, 0.05) is 25.0 Å². The molecule has 0 aromatic heterocycles. The van der Waals surface area contributed by atoms with Crippen LogP contribution in [0.3, 0.4) is 0 Å². The number of rotatable bonds is 5. The largest absolute Gasteiger partial charge is 0.393 e. The molecule has 2 fully saturated rings. The Bertz CT molecular complexity index is 316. The summed E-state index contributed by atoms with van der Waals surface area (Å²) in [5, 5.41) is 5.75. The molecule has 110 valence electrons. The lowest BCUT2D eigenvalue weighted by molar-refractivity contribution is -0.189. The van der Waals surface area contributed by atoms with E-state index in [9.17, 15) is 18.0 Å². The quantitative estimate of drug-likeness (QED) is 0.810.